The van der Waals surface area contributed by atoms with Crippen molar-refractivity contribution in [3.8, 4) is 0 Å². The molecular weight excluding hydrogens is 246 g/mol. The van der Waals surface area contributed by atoms with Gasteiger partial charge in [-0.3, -0.25) is 4.79 Å². The van der Waals surface area contributed by atoms with Gasteiger partial charge in [0, 0.05) is 18.1 Å². The van der Waals surface area contributed by atoms with Crippen LogP contribution in [0.1, 0.15) is 37.8 Å². The predicted molar refractivity (Wildman–Crippen MR) is 80.6 cm³/mol. The van der Waals surface area contributed by atoms with Crippen LogP contribution in [0.2, 0.25) is 0 Å². The Bertz CT molecular complexity index is 332. The summed E-state index contributed by atoms with van der Waals surface area (Å²) in [6.07, 6.45) is 3.09. The molecule has 3 heteroatoms. The molecule has 0 saturated heterocycles. The first-order chi connectivity index (χ1) is 8.62. The Morgan fingerprint density at radius 1 is 1.22 bits per heavy atom. The van der Waals surface area contributed by atoms with E-state index in [1.807, 2.05) is 43.9 Å². The molecule has 0 atom stereocenters. The van der Waals surface area contributed by atoms with Crippen molar-refractivity contribution in [1.82, 2.24) is 0 Å². The number of carbonyl (C=O) groups is 1. The fourth-order valence-corrected chi connectivity index (χ4v) is 1.80. The second-order valence-electron chi connectivity index (χ2n) is 4.16. The lowest BCUT2D eigenvalue weighted by atomic mass is 10.1. The molecule has 0 radical (unpaired) electrons. The maximum Gasteiger partial charge on any atom is 0.214 e. The zero-order valence-electron chi connectivity index (χ0n) is 11.9. The van der Waals surface area contributed by atoms with Crippen LogP contribution in [0.5, 0.6) is 0 Å². The third kappa shape index (κ3) is 5.54. The Balaban J connectivity index is 0.000000873. The summed E-state index contributed by atoms with van der Waals surface area (Å²) >= 11 is 5.00. The topological polar surface area (TPSA) is 20.3 Å². The summed E-state index contributed by atoms with van der Waals surface area (Å²) in [5.74, 6) is 0.722. The van der Waals surface area contributed by atoms with Gasteiger partial charge in [-0.1, -0.05) is 38.5 Å². The minimum atomic E-state index is 0.722. The summed E-state index contributed by atoms with van der Waals surface area (Å²) in [7, 11) is 0. The molecule has 1 aromatic rings. The molecule has 102 valence electrons. The molecule has 0 heterocycles. The van der Waals surface area contributed by atoms with Crippen molar-refractivity contribution < 1.29 is 4.79 Å². The smallest absolute Gasteiger partial charge is 0.214 e. The average Bonchev–Trinajstić information content (AvgIpc) is 2.34. The molecular formula is C15H24ClNO. The van der Waals surface area contributed by atoms with E-state index in [1.165, 1.54) is 11.1 Å². The number of amides is 1. The third-order valence-electron chi connectivity index (χ3n) is 2.61. The van der Waals surface area contributed by atoms with E-state index in [-0.39, 0.29) is 0 Å². The molecule has 0 aliphatic heterocycles. The van der Waals surface area contributed by atoms with Crippen LogP contribution in [0.4, 0.5) is 5.69 Å². The summed E-state index contributed by atoms with van der Waals surface area (Å²) in [5.41, 5.74) is 3.40. The number of aryl methyl sites for hydroxylation is 2. The van der Waals surface area contributed by atoms with Crippen LogP contribution in [0.25, 0.3) is 0 Å². The van der Waals surface area contributed by atoms with E-state index in [9.17, 15) is 4.79 Å². The maximum absolute atomic E-state index is 11.0. The van der Waals surface area contributed by atoms with Gasteiger partial charge in [0.25, 0.3) is 0 Å². The maximum atomic E-state index is 11.0. The normalized spacial score (nSPS) is 9.39. The number of hydrogen-bond donors (Lipinski definition) is 0. The number of hydrogen-bond acceptors (Lipinski definition) is 1. The van der Waals surface area contributed by atoms with Crippen molar-refractivity contribution in [2.24, 2.45) is 0 Å². The fourth-order valence-electron chi connectivity index (χ4n) is 1.80. The molecule has 0 aliphatic rings. The van der Waals surface area contributed by atoms with Crippen LogP contribution in [0, 0.1) is 13.8 Å². The lowest BCUT2D eigenvalue weighted by Gasteiger charge is -2.21. The number of benzene rings is 1. The fraction of sp³-hybridized carbons (Fsp3) is 0.533. The number of unbranched alkanes of at least 4 members (excludes halogenated alkanes) is 1. The van der Waals surface area contributed by atoms with Crippen LogP contribution in [-0.2, 0) is 4.79 Å². The van der Waals surface area contributed by atoms with Gasteiger partial charge in [-0.05, 0) is 31.4 Å². The van der Waals surface area contributed by atoms with Gasteiger partial charge < -0.3 is 4.90 Å². The highest BCUT2D eigenvalue weighted by molar-refractivity contribution is 6.17. The van der Waals surface area contributed by atoms with E-state index in [1.54, 1.807) is 0 Å². The van der Waals surface area contributed by atoms with Gasteiger partial charge in [-0.15, -0.1) is 11.6 Å². The Hall–Kier alpha value is -1.02. The van der Waals surface area contributed by atoms with Crippen LogP contribution in [0.15, 0.2) is 18.2 Å². The van der Waals surface area contributed by atoms with E-state index in [0.29, 0.717) is 0 Å². The van der Waals surface area contributed by atoms with Crippen molar-refractivity contribution >= 4 is 23.7 Å². The zero-order chi connectivity index (χ0) is 14.0. The minimum Gasteiger partial charge on any atom is -0.314 e. The number of halogens is 1. The van der Waals surface area contributed by atoms with Crippen molar-refractivity contribution in [2.45, 2.75) is 40.5 Å². The first kappa shape index (κ1) is 17.0. The Kier molecular flexibility index (Phi) is 9.39. The second-order valence-corrected chi connectivity index (χ2v) is 4.69. The predicted octanol–water partition coefficient (Wildman–Crippen LogP) is 4.31. The third-order valence-corrected chi connectivity index (χ3v) is 2.61. The summed E-state index contributed by atoms with van der Waals surface area (Å²) in [6.45, 7) is 8.93. The molecule has 0 spiro atoms. The summed E-state index contributed by atoms with van der Waals surface area (Å²) in [4.78, 5) is 12.9. The minimum absolute atomic E-state index is 0.722. The van der Waals surface area contributed by atoms with Crippen molar-refractivity contribution in [3.63, 3.8) is 0 Å². The highest BCUT2D eigenvalue weighted by atomic mass is 35.5. The molecule has 18 heavy (non-hydrogen) atoms. The van der Waals surface area contributed by atoms with Gasteiger partial charge in [0.1, 0.15) is 0 Å². The summed E-state index contributed by atoms with van der Waals surface area (Å²) < 4.78 is 0. The molecule has 1 rings (SSSR count). The van der Waals surface area contributed by atoms with Crippen LogP contribution < -0.4 is 4.90 Å². The van der Waals surface area contributed by atoms with Crippen molar-refractivity contribution in [1.29, 1.82) is 0 Å². The van der Waals surface area contributed by atoms with Gasteiger partial charge in [0.15, 0.2) is 0 Å². The Morgan fingerprint density at radius 3 is 2.11 bits per heavy atom. The van der Waals surface area contributed by atoms with Crippen LogP contribution >= 0.6 is 11.6 Å². The molecule has 1 aromatic carbocycles. The molecule has 0 N–H and O–H groups in total. The monoisotopic (exact) mass is 269 g/mol. The number of rotatable bonds is 5. The molecule has 0 aromatic heterocycles. The SMILES string of the molecule is CCCCN(C=O)c1c(C)cccc1C.CCCl. The molecule has 0 aliphatic carbocycles. The van der Waals surface area contributed by atoms with Crippen LogP contribution in [-0.4, -0.2) is 18.8 Å². The summed E-state index contributed by atoms with van der Waals surface area (Å²) in [6, 6.07) is 6.12. The highest BCUT2D eigenvalue weighted by Crippen LogP contribution is 2.23. The molecule has 1 amide bonds. The lowest BCUT2D eigenvalue weighted by molar-refractivity contribution is -0.107. The molecule has 0 fully saturated rings. The zero-order valence-corrected chi connectivity index (χ0v) is 12.6. The van der Waals surface area contributed by atoms with Gasteiger partial charge in [-0.25, -0.2) is 0 Å². The Labute approximate surface area is 116 Å². The van der Waals surface area contributed by atoms with E-state index in [4.69, 9.17) is 11.6 Å². The molecule has 0 bridgehead atoms. The molecule has 0 unspecified atom stereocenters. The largest absolute Gasteiger partial charge is 0.314 e. The van der Waals surface area contributed by atoms with E-state index in [2.05, 4.69) is 6.92 Å². The molecule has 0 saturated carbocycles. The second kappa shape index (κ2) is 9.95. The highest BCUT2D eigenvalue weighted by Gasteiger charge is 2.09. The van der Waals surface area contributed by atoms with Gasteiger partial charge in [0.05, 0.1) is 0 Å². The number of para-hydroxylation sites is 1. The number of alkyl halides is 1. The first-order valence-corrected chi connectivity index (χ1v) is 6.99. The van der Waals surface area contributed by atoms with Gasteiger partial charge in [0.2, 0.25) is 6.41 Å². The lowest BCUT2D eigenvalue weighted by Crippen LogP contribution is -2.23. The Morgan fingerprint density at radius 2 is 1.72 bits per heavy atom. The van der Waals surface area contributed by atoms with E-state index >= 15 is 0 Å². The van der Waals surface area contributed by atoms with Gasteiger partial charge >= 0.3 is 0 Å². The molecule has 2 nitrogen and oxygen atoms in total. The number of carbonyl (C=O) groups excluding carboxylic acids is 1. The quantitative estimate of drug-likeness (QED) is 0.576. The summed E-state index contributed by atoms with van der Waals surface area (Å²) in [5, 5.41) is 0. The average molecular weight is 270 g/mol. The first-order valence-electron chi connectivity index (χ1n) is 6.46. The number of nitrogens with zero attached hydrogens (tertiary/aromatic N) is 1. The van der Waals surface area contributed by atoms with E-state index in [0.717, 1.165) is 37.4 Å². The van der Waals surface area contributed by atoms with Crippen molar-refractivity contribution in [2.75, 3.05) is 17.3 Å². The van der Waals surface area contributed by atoms with Gasteiger partial charge in [-0.2, -0.15) is 0 Å². The van der Waals surface area contributed by atoms with Crippen molar-refractivity contribution in [3.05, 3.63) is 29.3 Å². The van der Waals surface area contributed by atoms with E-state index < -0.39 is 0 Å². The van der Waals surface area contributed by atoms with Crippen LogP contribution in [0.3, 0.4) is 0 Å². The number of anilines is 1. The standard InChI is InChI=1S/C13H19NO.C2H5Cl/c1-4-5-9-14(10-15)13-11(2)7-6-8-12(13)3;1-2-3/h6-8,10H,4-5,9H2,1-3H3;2H2,1H3.